The van der Waals surface area contributed by atoms with Gasteiger partial charge >= 0.3 is 6.03 Å². The monoisotopic (exact) mass is 320 g/mol. The number of nitrogens with one attached hydrogen (secondary N) is 1. The smallest absolute Gasteiger partial charge is 0.322 e. The molecule has 22 heavy (non-hydrogen) atoms. The lowest BCUT2D eigenvalue weighted by atomic mass is 10.0. The molecule has 3 aliphatic rings. The van der Waals surface area contributed by atoms with Gasteiger partial charge in [0.1, 0.15) is 0 Å². The van der Waals surface area contributed by atoms with E-state index in [1.807, 2.05) is 30.0 Å². The molecular formula is C16H20N2O3S. The Morgan fingerprint density at radius 3 is 2.68 bits per heavy atom. The van der Waals surface area contributed by atoms with Crippen molar-refractivity contribution in [3.8, 4) is 11.5 Å². The molecule has 2 saturated heterocycles. The Bertz CT molecular complexity index is 581. The number of carbonyl (C=O) groups excluding carboxylic acids is 1. The van der Waals surface area contributed by atoms with E-state index < -0.39 is 0 Å². The minimum Gasteiger partial charge on any atom is -0.454 e. The first kappa shape index (κ1) is 14.1. The average molecular weight is 320 g/mol. The summed E-state index contributed by atoms with van der Waals surface area (Å²) in [7, 11) is 0. The maximum absolute atomic E-state index is 12.7. The van der Waals surface area contributed by atoms with Crippen molar-refractivity contribution in [2.75, 3.05) is 18.4 Å². The van der Waals surface area contributed by atoms with Crippen LogP contribution in [0.3, 0.4) is 0 Å². The molecule has 2 unspecified atom stereocenters. The van der Waals surface area contributed by atoms with E-state index in [1.54, 1.807) is 0 Å². The van der Waals surface area contributed by atoms with Crippen molar-refractivity contribution in [3.63, 3.8) is 0 Å². The van der Waals surface area contributed by atoms with Gasteiger partial charge in [-0.25, -0.2) is 4.79 Å². The Morgan fingerprint density at radius 1 is 1.23 bits per heavy atom. The number of anilines is 1. The number of nitrogens with zero attached hydrogens (tertiary/aromatic N) is 1. The molecule has 0 spiro atoms. The molecule has 0 aromatic heterocycles. The molecule has 2 atom stereocenters. The number of rotatable bonds is 2. The van der Waals surface area contributed by atoms with E-state index >= 15 is 0 Å². The summed E-state index contributed by atoms with van der Waals surface area (Å²) in [6, 6.07) is 6.34. The summed E-state index contributed by atoms with van der Waals surface area (Å²) in [5.41, 5.74) is 0.764. The Kier molecular flexibility index (Phi) is 3.56. The lowest BCUT2D eigenvalue weighted by Crippen LogP contribution is -2.49. The molecule has 1 N–H and O–H groups in total. The van der Waals surface area contributed by atoms with E-state index in [0.29, 0.717) is 23.1 Å². The standard InChI is InChI=1S/C16H20N2O3S/c1-22-13-7-11-3-4-12(8-13)18(11)16(19)17-10-2-5-14-15(6-10)21-9-20-14/h2,5-6,11-13H,3-4,7-9H2,1H3,(H,17,19). The summed E-state index contributed by atoms with van der Waals surface area (Å²) >= 11 is 1.94. The van der Waals surface area contributed by atoms with Gasteiger partial charge in [0.25, 0.3) is 0 Å². The van der Waals surface area contributed by atoms with Gasteiger partial charge in [-0.15, -0.1) is 0 Å². The molecule has 1 aromatic carbocycles. The summed E-state index contributed by atoms with van der Waals surface area (Å²) in [6.07, 6.45) is 6.68. The van der Waals surface area contributed by atoms with Crippen LogP contribution < -0.4 is 14.8 Å². The van der Waals surface area contributed by atoms with Gasteiger partial charge in [-0.3, -0.25) is 0 Å². The van der Waals surface area contributed by atoms with Crippen LogP contribution in [0.25, 0.3) is 0 Å². The topological polar surface area (TPSA) is 50.8 Å². The summed E-state index contributed by atoms with van der Waals surface area (Å²) in [6.45, 7) is 0.249. The first-order chi connectivity index (χ1) is 10.7. The second-order valence-electron chi connectivity index (χ2n) is 6.12. The predicted molar refractivity (Wildman–Crippen MR) is 86.8 cm³/mol. The summed E-state index contributed by atoms with van der Waals surface area (Å²) in [4.78, 5) is 14.7. The van der Waals surface area contributed by atoms with Gasteiger partial charge in [-0.05, 0) is 44.1 Å². The number of piperidine rings is 1. The third kappa shape index (κ3) is 2.39. The van der Waals surface area contributed by atoms with Crippen LogP contribution in [0.5, 0.6) is 11.5 Å². The molecule has 6 heteroatoms. The fourth-order valence-electron chi connectivity index (χ4n) is 3.81. The van der Waals surface area contributed by atoms with Crippen LogP contribution in [0.4, 0.5) is 10.5 Å². The lowest BCUT2D eigenvalue weighted by molar-refractivity contribution is 0.161. The fourth-order valence-corrected chi connectivity index (χ4v) is 4.64. The molecule has 1 aromatic rings. The first-order valence-corrected chi connectivity index (χ1v) is 9.05. The van der Waals surface area contributed by atoms with E-state index in [0.717, 1.165) is 37.1 Å². The highest BCUT2D eigenvalue weighted by Crippen LogP contribution is 2.40. The Balaban J connectivity index is 1.47. The van der Waals surface area contributed by atoms with Crippen LogP contribution >= 0.6 is 11.8 Å². The van der Waals surface area contributed by atoms with E-state index in [2.05, 4.69) is 16.5 Å². The highest BCUT2D eigenvalue weighted by molar-refractivity contribution is 7.99. The first-order valence-electron chi connectivity index (χ1n) is 7.76. The molecule has 2 fully saturated rings. The number of fused-ring (bicyclic) bond motifs is 3. The highest BCUT2D eigenvalue weighted by Gasteiger charge is 2.43. The Hall–Kier alpha value is -1.56. The second kappa shape index (κ2) is 5.57. The maximum atomic E-state index is 12.7. The maximum Gasteiger partial charge on any atom is 0.322 e. The zero-order valence-electron chi connectivity index (χ0n) is 12.6. The Labute approximate surface area is 134 Å². The van der Waals surface area contributed by atoms with Gasteiger partial charge in [-0.2, -0.15) is 11.8 Å². The van der Waals surface area contributed by atoms with Gasteiger partial charge in [0.15, 0.2) is 11.5 Å². The molecule has 2 bridgehead atoms. The number of carbonyl (C=O) groups is 1. The molecule has 2 amide bonds. The van der Waals surface area contributed by atoms with Crippen molar-refractivity contribution >= 4 is 23.5 Å². The minimum atomic E-state index is 0.0194. The Morgan fingerprint density at radius 2 is 1.95 bits per heavy atom. The van der Waals surface area contributed by atoms with Gasteiger partial charge < -0.3 is 19.7 Å². The number of thioether (sulfide) groups is 1. The van der Waals surface area contributed by atoms with Crippen molar-refractivity contribution < 1.29 is 14.3 Å². The average Bonchev–Trinajstić information content (AvgIpc) is 3.09. The fraction of sp³-hybridized carbons (Fsp3) is 0.562. The summed E-state index contributed by atoms with van der Waals surface area (Å²) in [5, 5.41) is 3.72. The number of ether oxygens (including phenoxy) is 2. The van der Waals surface area contributed by atoms with Crippen LogP contribution in [0.15, 0.2) is 18.2 Å². The third-order valence-corrected chi connectivity index (χ3v) is 5.93. The minimum absolute atomic E-state index is 0.0194. The van der Waals surface area contributed by atoms with Crippen LogP contribution in [-0.4, -0.2) is 41.3 Å². The van der Waals surface area contributed by atoms with Crippen LogP contribution in [0.1, 0.15) is 25.7 Å². The van der Waals surface area contributed by atoms with E-state index in [4.69, 9.17) is 9.47 Å². The molecule has 5 nitrogen and oxygen atoms in total. The lowest BCUT2D eigenvalue weighted by Gasteiger charge is -2.38. The van der Waals surface area contributed by atoms with Gasteiger partial charge in [0.05, 0.1) is 0 Å². The second-order valence-corrected chi connectivity index (χ2v) is 7.26. The number of benzene rings is 1. The number of urea groups is 1. The van der Waals surface area contributed by atoms with Gasteiger partial charge in [0.2, 0.25) is 6.79 Å². The highest BCUT2D eigenvalue weighted by atomic mass is 32.2. The number of amides is 2. The molecule has 4 rings (SSSR count). The van der Waals surface area contributed by atoms with Crippen molar-refractivity contribution in [3.05, 3.63) is 18.2 Å². The van der Waals surface area contributed by atoms with Crippen molar-refractivity contribution in [1.82, 2.24) is 4.90 Å². The third-order valence-electron chi connectivity index (χ3n) is 4.88. The quantitative estimate of drug-likeness (QED) is 0.908. The zero-order valence-corrected chi connectivity index (χ0v) is 13.4. The molecular weight excluding hydrogens is 300 g/mol. The molecule has 3 aliphatic heterocycles. The molecule has 3 heterocycles. The summed E-state index contributed by atoms with van der Waals surface area (Å²) in [5.74, 6) is 1.43. The normalized spacial score (nSPS) is 28.8. The van der Waals surface area contributed by atoms with Crippen LogP contribution in [-0.2, 0) is 0 Å². The van der Waals surface area contributed by atoms with E-state index in [1.165, 1.54) is 0 Å². The molecule has 0 aliphatic carbocycles. The van der Waals surface area contributed by atoms with Crippen LogP contribution in [0, 0.1) is 0 Å². The SMILES string of the molecule is CSC1CC2CCC(C1)N2C(=O)Nc1ccc2c(c1)OCO2. The van der Waals surface area contributed by atoms with Crippen molar-refractivity contribution in [2.24, 2.45) is 0 Å². The van der Waals surface area contributed by atoms with E-state index in [-0.39, 0.29) is 12.8 Å². The van der Waals surface area contributed by atoms with Crippen LogP contribution in [0.2, 0.25) is 0 Å². The predicted octanol–water partition coefficient (Wildman–Crippen LogP) is 3.31. The van der Waals surface area contributed by atoms with Crippen molar-refractivity contribution in [1.29, 1.82) is 0 Å². The largest absolute Gasteiger partial charge is 0.454 e. The van der Waals surface area contributed by atoms with Gasteiger partial charge in [-0.1, -0.05) is 0 Å². The molecule has 0 radical (unpaired) electrons. The number of hydrogen-bond acceptors (Lipinski definition) is 4. The van der Waals surface area contributed by atoms with Crippen molar-refractivity contribution in [2.45, 2.75) is 43.0 Å². The van der Waals surface area contributed by atoms with E-state index in [9.17, 15) is 4.79 Å². The molecule has 118 valence electrons. The summed E-state index contributed by atoms with van der Waals surface area (Å²) < 4.78 is 10.7. The number of hydrogen-bond donors (Lipinski definition) is 1. The zero-order chi connectivity index (χ0) is 15.1. The van der Waals surface area contributed by atoms with Gasteiger partial charge in [0, 0.05) is 29.1 Å². The molecule has 0 saturated carbocycles.